The van der Waals surface area contributed by atoms with Crippen molar-refractivity contribution in [2.75, 3.05) is 12.8 Å². The molecule has 2 amide bonds. The molecule has 29 heavy (non-hydrogen) atoms. The molecule has 6 heteroatoms. The van der Waals surface area contributed by atoms with Gasteiger partial charge in [-0.3, -0.25) is 19.3 Å². The second kappa shape index (κ2) is 8.09. The van der Waals surface area contributed by atoms with Crippen LogP contribution >= 0.6 is 11.8 Å². The molecule has 0 bridgehead atoms. The average Bonchev–Trinajstić information content (AvgIpc) is 2.74. The van der Waals surface area contributed by atoms with Gasteiger partial charge < -0.3 is 4.74 Å². The highest BCUT2D eigenvalue weighted by atomic mass is 32.2. The van der Waals surface area contributed by atoms with Crippen LogP contribution in [0.1, 0.15) is 33.6 Å². The van der Waals surface area contributed by atoms with Crippen LogP contribution in [0.3, 0.4) is 0 Å². The van der Waals surface area contributed by atoms with Crippen molar-refractivity contribution < 1.29 is 19.1 Å². The fraction of sp³-hybridized carbons (Fsp3) is 0.174. The standard InChI is InChI=1S/C23H19NO4S/c1-29-17-12-10-16(11-13-17)28-20(25)9-4-14-24-22(26)18-7-2-5-15-6-3-8-19(21(15)18)23(24)27/h2-3,5-8,10-13H,4,9,14H2,1H3. The summed E-state index contributed by atoms with van der Waals surface area (Å²) in [6.45, 7) is 0.170. The molecule has 0 saturated heterocycles. The molecule has 0 aliphatic carbocycles. The van der Waals surface area contributed by atoms with Crippen molar-refractivity contribution in [2.24, 2.45) is 0 Å². The lowest BCUT2D eigenvalue weighted by Crippen LogP contribution is -2.41. The molecule has 3 aromatic rings. The molecule has 1 aliphatic heterocycles. The molecule has 0 N–H and O–H groups in total. The number of hydrogen-bond donors (Lipinski definition) is 0. The van der Waals surface area contributed by atoms with Crippen molar-refractivity contribution in [3.8, 4) is 5.75 Å². The Labute approximate surface area is 172 Å². The number of ether oxygens (including phenoxy) is 1. The minimum absolute atomic E-state index is 0.118. The number of nitrogens with zero attached hydrogens (tertiary/aromatic N) is 1. The van der Waals surface area contributed by atoms with E-state index in [9.17, 15) is 14.4 Å². The second-order valence-corrected chi connectivity index (χ2v) is 7.60. The van der Waals surface area contributed by atoms with E-state index in [1.165, 1.54) is 4.90 Å². The summed E-state index contributed by atoms with van der Waals surface area (Å²) in [6.07, 6.45) is 2.44. The average molecular weight is 405 g/mol. The zero-order valence-corrected chi connectivity index (χ0v) is 16.7. The van der Waals surface area contributed by atoms with Crippen molar-refractivity contribution in [2.45, 2.75) is 17.7 Å². The molecule has 0 aromatic heterocycles. The van der Waals surface area contributed by atoms with E-state index in [0.717, 1.165) is 10.3 Å². The summed E-state index contributed by atoms with van der Waals surface area (Å²) >= 11 is 1.61. The number of thioether (sulfide) groups is 1. The fourth-order valence-corrected chi connectivity index (χ4v) is 3.90. The number of rotatable bonds is 6. The summed E-state index contributed by atoms with van der Waals surface area (Å²) in [4.78, 5) is 40.1. The maximum absolute atomic E-state index is 12.8. The number of esters is 1. The van der Waals surface area contributed by atoms with Gasteiger partial charge in [0, 0.05) is 34.4 Å². The molecule has 0 spiro atoms. The summed E-state index contributed by atoms with van der Waals surface area (Å²) in [7, 11) is 0. The van der Waals surface area contributed by atoms with Crippen LogP contribution < -0.4 is 4.74 Å². The maximum atomic E-state index is 12.8. The zero-order chi connectivity index (χ0) is 20.4. The predicted octanol–water partition coefficient (Wildman–Crippen LogP) is 4.54. The van der Waals surface area contributed by atoms with Gasteiger partial charge in [0.2, 0.25) is 0 Å². The second-order valence-electron chi connectivity index (χ2n) is 6.72. The molecule has 0 atom stereocenters. The van der Waals surface area contributed by atoms with Gasteiger partial charge in [-0.2, -0.15) is 0 Å². The van der Waals surface area contributed by atoms with Crippen molar-refractivity contribution >= 4 is 40.3 Å². The Balaban J connectivity index is 1.40. The first-order chi connectivity index (χ1) is 14.1. The number of imide groups is 1. The highest BCUT2D eigenvalue weighted by Gasteiger charge is 2.32. The number of hydrogen-bond acceptors (Lipinski definition) is 5. The number of carbonyl (C=O) groups excluding carboxylic acids is 3. The first-order valence-corrected chi connectivity index (χ1v) is 10.5. The monoisotopic (exact) mass is 405 g/mol. The van der Waals surface area contributed by atoms with E-state index in [0.29, 0.717) is 28.7 Å². The molecule has 1 heterocycles. The van der Waals surface area contributed by atoms with Crippen LogP contribution in [-0.2, 0) is 4.79 Å². The fourth-order valence-electron chi connectivity index (χ4n) is 3.49. The van der Waals surface area contributed by atoms with Gasteiger partial charge in [0.15, 0.2) is 0 Å². The lowest BCUT2D eigenvalue weighted by Gasteiger charge is -2.27. The van der Waals surface area contributed by atoms with Gasteiger partial charge >= 0.3 is 5.97 Å². The lowest BCUT2D eigenvalue weighted by molar-refractivity contribution is -0.134. The topological polar surface area (TPSA) is 63.7 Å². The van der Waals surface area contributed by atoms with Gasteiger partial charge in [0.1, 0.15) is 5.75 Å². The Hall–Kier alpha value is -3.12. The smallest absolute Gasteiger partial charge is 0.311 e. The molecule has 5 nitrogen and oxygen atoms in total. The van der Waals surface area contributed by atoms with Crippen LogP contribution in [0, 0.1) is 0 Å². The van der Waals surface area contributed by atoms with E-state index in [4.69, 9.17) is 4.74 Å². The van der Waals surface area contributed by atoms with Gasteiger partial charge in [-0.1, -0.05) is 24.3 Å². The summed E-state index contributed by atoms with van der Waals surface area (Å²) in [6, 6.07) is 18.1. The Morgan fingerprint density at radius 1 is 0.931 bits per heavy atom. The third-order valence-corrected chi connectivity index (χ3v) is 5.65. The van der Waals surface area contributed by atoms with Crippen LogP contribution in [0.2, 0.25) is 0 Å². The number of benzene rings is 3. The largest absolute Gasteiger partial charge is 0.427 e. The van der Waals surface area contributed by atoms with E-state index in [2.05, 4.69) is 0 Å². The zero-order valence-electron chi connectivity index (χ0n) is 15.9. The molecule has 0 radical (unpaired) electrons. The molecule has 3 aromatic carbocycles. The maximum Gasteiger partial charge on any atom is 0.311 e. The Morgan fingerprint density at radius 2 is 1.55 bits per heavy atom. The highest BCUT2D eigenvalue weighted by molar-refractivity contribution is 7.98. The van der Waals surface area contributed by atoms with E-state index < -0.39 is 0 Å². The van der Waals surface area contributed by atoms with Crippen molar-refractivity contribution in [1.29, 1.82) is 0 Å². The molecule has 0 saturated carbocycles. The Morgan fingerprint density at radius 3 is 2.14 bits per heavy atom. The van der Waals surface area contributed by atoms with Gasteiger partial charge in [0.25, 0.3) is 11.8 Å². The summed E-state index contributed by atoms with van der Waals surface area (Å²) in [5, 5.41) is 1.58. The first kappa shape index (κ1) is 19.2. The molecular weight excluding hydrogens is 386 g/mol. The Kier molecular flexibility index (Phi) is 5.36. The minimum Gasteiger partial charge on any atom is -0.427 e. The summed E-state index contributed by atoms with van der Waals surface area (Å²) < 4.78 is 5.32. The van der Waals surface area contributed by atoms with Crippen molar-refractivity contribution in [3.63, 3.8) is 0 Å². The molecule has 0 unspecified atom stereocenters. The lowest BCUT2D eigenvalue weighted by atomic mass is 9.94. The molecule has 0 fully saturated rings. The summed E-state index contributed by atoms with van der Waals surface area (Å²) in [5.41, 5.74) is 1.04. The van der Waals surface area contributed by atoms with E-state index >= 15 is 0 Å². The first-order valence-electron chi connectivity index (χ1n) is 9.31. The van der Waals surface area contributed by atoms with Crippen LogP contribution in [0.5, 0.6) is 5.75 Å². The predicted molar refractivity (Wildman–Crippen MR) is 112 cm³/mol. The van der Waals surface area contributed by atoms with Crippen LogP contribution in [0.25, 0.3) is 10.8 Å². The van der Waals surface area contributed by atoms with Crippen LogP contribution in [0.15, 0.2) is 65.6 Å². The van der Waals surface area contributed by atoms with Gasteiger partial charge in [-0.25, -0.2) is 0 Å². The third kappa shape index (κ3) is 3.76. The molecule has 1 aliphatic rings. The quantitative estimate of drug-likeness (QED) is 0.261. The highest BCUT2D eigenvalue weighted by Crippen LogP contribution is 2.30. The normalized spacial score (nSPS) is 13.1. The van der Waals surface area contributed by atoms with E-state index in [1.54, 1.807) is 36.0 Å². The number of carbonyl (C=O) groups is 3. The SMILES string of the molecule is CSc1ccc(OC(=O)CCCN2C(=O)c3cccc4cccc(c34)C2=O)cc1. The molecular formula is C23H19NO4S. The van der Waals surface area contributed by atoms with Gasteiger partial charge in [0.05, 0.1) is 0 Å². The minimum atomic E-state index is -0.388. The van der Waals surface area contributed by atoms with Crippen LogP contribution in [0.4, 0.5) is 0 Å². The Bertz CT molecular complexity index is 1060. The number of amides is 2. The van der Waals surface area contributed by atoms with Crippen LogP contribution in [-0.4, -0.2) is 35.5 Å². The molecule has 146 valence electrons. The van der Waals surface area contributed by atoms with Gasteiger partial charge in [-0.05, 0) is 54.5 Å². The van der Waals surface area contributed by atoms with E-state index in [1.807, 2.05) is 42.7 Å². The molecule has 4 rings (SSSR count). The third-order valence-electron chi connectivity index (χ3n) is 4.91. The van der Waals surface area contributed by atoms with Crippen molar-refractivity contribution in [3.05, 3.63) is 71.8 Å². The van der Waals surface area contributed by atoms with Crippen molar-refractivity contribution in [1.82, 2.24) is 4.90 Å². The van der Waals surface area contributed by atoms with Gasteiger partial charge in [-0.15, -0.1) is 11.8 Å². The van der Waals surface area contributed by atoms with E-state index in [-0.39, 0.29) is 30.7 Å². The summed E-state index contributed by atoms with van der Waals surface area (Å²) in [5.74, 6) is -0.541.